The van der Waals surface area contributed by atoms with Gasteiger partial charge in [-0.1, -0.05) is 52.2 Å². The monoisotopic (exact) mass is 304 g/mol. The zero-order chi connectivity index (χ0) is 16.4. The highest BCUT2D eigenvalue weighted by Gasteiger charge is 2.14. The molecule has 0 bridgehead atoms. The first-order chi connectivity index (χ1) is 10.6. The maximum Gasteiger partial charge on any atom is 0.307 e. The van der Waals surface area contributed by atoms with Crippen molar-refractivity contribution in [3.8, 4) is 0 Å². The van der Waals surface area contributed by atoms with Gasteiger partial charge in [-0.2, -0.15) is 0 Å². The van der Waals surface area contributed by atoms with Gasteiger partial charge in [-0.05, 0) is 60.8 Å². The minimum absolute atomic E-state index is 0.159. The summed E-state index contributed by atoms with van der Waals surface area (Å²) in [5.74, 6) is -0.722. The van der Waals surface area contributed by atoms with Gasteiger partial charge in [0, 0.05) is 0 Å². The van der Waals surface area contributed by atoms with Crippen LogP contribution >= 0.6 is 0 Å². The zero-order valence-corrected chi connectivity index (χ0v) is 14.6. The zero-order valence-electron chi connectivity index (χ0n) is 14.6. The smallest absolute Gasteiger partial charge is 0.307 e. The normalized spacial score (nSPS) is 10.9. The summed E-state index contributed by atoms with van der Waals surface area (Å²) in [5, 5.41) is 9.19. The Morgan fingerprint density at radius 1 is 0.818 bits per heavy atom. The number of rotatable bonds is 11. The number of benzene rings is 1. The second kappa shape index (κ2) is 10.4. The summed E-state index contributed by atoms with van der Waals surface area (Å²) in [4.78, 5) is 11.2. The van der Waals surface area contributed by atoms with Gasteiger partial charge in [0.2, 0.25) is 0 Å². The Labute approximate surface area is 135 Å². The predicted molar refractivity (Wildman–Crippen MR) is 93.6 cm³/mol. The van der Waals surface area contributed by atoms with Crippen molar-refractivity contribution in [2.45, 2.75) is 85.0 Å². The van der Waals surface area contributed by atoms with Crippen LogP contribution in [-0.2, 0) is 30.5 Å². The van der Waals surface area contributed by atoms with Crippen LogP contribution in [0, 0.1) is 0 Å². The maximum atomic E-state index is 11.2. The van der Waals surface area contributed by atoms with E-state index >= 15 is 0 Å². The summed E-state index contributed by atoms with van der Waals surface area (Å²) in [5.41, 5.74) is 5.29. The highest BCUT2D eigenvalue weighted by atomic mass is 16.4. The lowest BCUT2D eigenvalue weighted by Crippen LogP contribution is -2.09. The van der Waals surface area contributed by atoms with Crippen LogP contribution < -0.4 is 0 Å². The fourth-order valence-electron chi connectivity index (χ4n) is 3.05. The molecule has 0 aliphatic heterocycles. The third-order valence-electron chi connectivity index (χ3n) is 4.33. The van der Waals surface area contributed by atoms with Crippen LogP contribution in [0.2, 0.25) is 0 Å². The Morgan fingerprint density at radius 3 is 1.77 bits per heavy atom. The van der Waals surface area contributed by atoms with Crippen LogP contribution in [0.4, 0.5) is 0 Å². The first kappa shape index (κ1) is 18.7. The minimum Gasteiger partial charge on any atom is -0.481 e. The molecule has 1 aromatic carbocycles. The van der Waals surface area contributed by atoms with Crippen LogP contribution in [0.25, 0.3) is 0 Å². The van der Waals surface area contributed by atoms with Crippen LogP contribution in [-0.4, -0.2) is 11.1 Å². The van der Waals surface area contributed by atoms with Gasteiger partial charge in [-0.15, -0.1) is 0 Å². The molecule has 0 saturated carbocycles. The third kappa shape index (κ3) is 5.82. The van der Waals surface area contributed by atoms with Crippen molar-refractivity contribution in [2.75, 3.05) is 0 Å². The van der Waals surface area contributed by atoms with Crippen molar-refractivity contribution in [3.05, 3.63) is 34.4 Å². The van der Waals surface area contributed by atoms with E-state index in [9.17, 15) is 9.90 Å². The summed E-state index contributed by atoms with van der Waals surface area (Å²) in [6, 6.07) is 4.26. The molecule has 0 unspecified atom stereocenters. The van der Waals surface area contributed by atoms with Crippen LogP contribution in [0.5, 0.6) is 0 Å². The second-order valence-electron chi connectivity index (χ2n) is 6.22. The average molecular weight is 304 g/mol. The van der Waals surface area contributed by atoms with E-state index in [1.807, 2.05) is 0 Å². The predicted octanol–water partition coefficient (Wildman–Crippen LogP) is 5.34. The molecule has 2 nitrogen and oxygen atoms in total. The van der Waals surface area contributed by atoms with E-state index in [-0.39, 0.29) is 6.42 Å². The van der Waals surface area contributed by atoms with Gasteiger partial charge in [0.25, 0.3) is 0 Å². The number of aliphatic carboxylic acids is 1. The van der Waals surface area contributed by atoms with Crippen molar-refractivity contribution in [3.63, 3.8) is 0 Å². The van der Waals surface area contributed by atoms with Crippen LogP contribution in [0.1, 0.15) is 81.5 Å². The number of carboxylic acids is 1. The standard InChI is InChI=1S/C20H32O2/c1-4-7-10-16-13-14-17(15-20(21)22)19(12-9-6-3)18(16)11-8-5-2/h13-14H,4-12,15H2,1-3H3,(H,21,22). The third-order valence-corrected chi connectivity index (χ3v) is 4.33. The maximum absolute atomic E-state index is 11.2. The molecule has 0 atom stereocenters. The van der Waals surface area contributed by atoms with Crippen LogP contribution in [0.3, 0.4) is 0 Å². The molecule has 0 fully saturated rings. The van der Waals surface area contributed by atoms with Gasteiger partial charge in [0.05, 0.1) is 6.42 Å². The quantitative estimate of drug-likeness (QED) is 0.599. The van der Waals surface area contributed by atoms with Gasteiger partial charge in [-0.3, -0.25) is 4.79 Å². The summed E-state index contributed by atoms with van der Waals surface area (Å²) >= 11 is 0. The number of unbranched alkanes of at least 4 members (excludes halogenated alkanes) is 3. The lowest BCUT2D eigenvalue weighted by atomic mass is 9.87. The molecule has 0 spiro atoms. The van der Waals surface area contributed by atoms with E-state index in [0.29, 0.717) is 0 Å². The van der Waals surface area contributed by atoms with Crippen molar-refractivity contribution in [1.29, 1.82) is 0 Å². The van der Waals surface area contributed by atoms with Gasteiger partial charge >= 0.3 is 5.97 Å². The topological polar surface area (TPSA) is 37.3 Å². The van der Waals surface area contributed by atoms with Crippen molar-refractivity contribution >= 4 is 5.97 Å². The molecular formula is C20H32O2. The highest BCUT2D eigenvalue weighted by molar-refractivity contribution is 5.71. The van der Waals surface area contributed by atoms with E-state index in [1.165, 1.54) is 42.4 Å². The lowest BCUT2D eigenvalue weighted by Gasteiger charge is -2.18. The fraction of sp³-hybridized carbons (Fsp3) is 0.650. The molecule has 2 heteroatoms. The number of carboxylic acid groups (broad SMARTS) is 1. The van der Waals surface area contributed by atoms with Gasteiger partial charge in [0.1, 0.15) is 0 Å². The number of carbonyl (C=O) groups is 1. The number of aryl methyl sites for hydroxylation is 1. The molecule has 0 aliphatic rings. The van der Waals surface area contributed by atoms with E-state index in [4.69, 9.17) is 0 Å². The van der Waals surface area contributed by atoms with E-state index in [0.717, 1.165) is 37.7 Å². The molecule has 124 valence electrons. The molecule has 0 aromatic heterocycles. The van der Waals surface area contributed by atoms with E-state index in [1.54, 1.807) is 0 Å². The lowest BCUT2D eigenvalue weighted by molar-refractivity contribution is -0.136. The molecule has 0 aliphatic carbocycles. The summed E-state index contributed by atoms with van der Waals surface area (Å²) < 4.78 is 0. The first-order valence-corrected chi connectivity index (χ1v) is 8.98. The number of hydrogen-bond acceptors (Lipinski definition) is 1. The van der Waals surface area contributed by atoms with Crippen LogP contribution in [0.15, 0.2) is 12.1 Å². The van der Waals surface area contributed by atoms with Gasteiger partial charge < -0.3 is 5.11 Å². The molecular weight excluding hydrogens is 272 g/mol. The SMILES string of the molecule is CCCCc1ccc(CC(=O)O)c(CCCC)c1CCCC. The first-order valence-electron chi connectivity index (χ1n) is 8.98. The van der Waals surface area contributed by atoms with Crippen molar-refractivity contribution < 1.29 is 9.90 Å². The minimum atomic E-state index is -0.722. The molecule has 1 N–H and O–H groups in total. The molecule has 0 amide bonds. The van der Waals surface area contributed by atoms with E-state index < -0.39 is 5.97 Å². The Balaban J connectivity index is 3.19. The Kier molecular flexibility index (Phi) is 8.88. The van der Waals surface area contributed by atoms with Crippen molar-refractivity contribution in [1.82, 2.24) is 0 Å². The Hall–Kier alpha value is -1.31. The second-order valence-corrected chi connectivity index (χ2v) is 6.22. The average Bonchev–Trinajstić information content (AvgIpc) is 2.50. The summed E-state index contributed by atoms with van der Waals surface area (Å²) in [6.07, 6.45) is 10.5. The summed E-state index contributed by atoms with van der Waals surface area (Å²) in [7, 11) is 0. The fourth-order valence-corrected chi connectivity index (χ4v) is 3.05. The highest BCUT2D eigenvalue weighted by Crippen LogP contribution is 2.26. The van der Waals surface area contributed by atoms with Gasteiger partial charge in [-0.25, -0.2) is 0 Å². The molecule has 1 aromatic rings. The Bertz CT molecular complexity index is 463. The number of hydrogen-bond donors (Lipinski definition) is 1. The largest absolute Gasteiger partial charge is 0.481 e. The molecule has 0 heterocycles. The Morgan fingerprint density at radius 2 is 1.27 bits per heavy atom. The van der Waals surface area contributed by atoms with E-state index in [2.05, 4.69) is 32.9 Å². The molecule has 22 heavy (non-hydrogen) atoms. The van der Waals surface area contributed by atoms with Gasteiger partial charge in [0.15, 0.2) is 0 Å². The molecule has 0 radical (unpaired) electrons. The molecule has 0 saturated heterocycles. The van der Waals surface area contributed by atoms with Crippen molar-refractivity contribution in [2.24, 2.45) is 0 Å². The molecule has 1 rings (SSSR count). The summed E-state index contributed by atoms with van der Waals surface area (Å²) in [6.45, 7) is 6.64.